The van der Waals surface area contributed by atoms with Crippen molar-refractivity contribution >= 4 is 88.2 Å². The topological polar surface area (TPSA) is 168 Å². The van der Waals surface area contributed by atoms with Gasteiger partial charge < -0.3 is 5.32 Å². The van der Waals surface area contributed by atoms with Gasteiger partial charge in [-0.25, -0.2) is 0 Å². The Hall–Kier alpha value is -1.96. The summed E-state index contributed by atoms with van der Waals surface area (Å²) in [5, 5.41) is 20.9. The first-order chi connectivity index (χ1) is 13.5. The number of para-hydroxylation sites is 1. The van der Waals surface area contributed by atoms with E-state index in [4.69, 9.17) is 16.2 Å². The van der Waals surface area contributed by atoms with Crippen molar-refractivity contribution in [3.05, 3.63) is 57.6 Å². The van der Waals surface area contributed by atoms with Crippen molar-refractivity contribution in [1.82, 2.24) is 0 Å². The first-order valence-corrected chi connectivity index (χ1v) is 9.55. The predicted octanol–water partition coefficient (Wildman–Crippen LogP) is 2.79. The minimum Gasteiger partial charge on any atom is -0.322 e. The maximum Gasteiger partial charge on any atom is 2.00 e. The summed E-state index contributed by atoms with van der Waals surface area (Å²) < 4.78 is 31.3. The van der Waals surface area contributed by atoms with Gasteiger partial charge in [-0.1, -0.05) is 23.7 Å². The summed E-state index contributed by atoms with van der Waals surface area (Å²) in [5.41, 5.74) is -0.985. The first-order valence-electron chi connectivity index (χ1n) is 7.73. The zero-order valence-electron chi connectivity index (χ0n) is 15.4. The van der Waals surface area contributed by atoms with Gasteiger partial charge >= 0.3 is 37.7 Å². The van der Waals surface area contributed by atoms with E-state index in [1.54, 1.807) is 12.1 Å². The van der Waals surface area contributed by atoms with E-state index in [9.17, 15) is 28.1 Å². The Morgan fingerprint density at radius 2 is 1.87 bits per heavy atom. The Balaban J connectivity index is 0.00000450. The molecule has 2 aromatic carbocycles. The van der Waals surface area contributed by atoms with Gasteiger partial charge in [-0.2, -0.15) is 13.5 Å². The van der Waals surface area contributed by atoms with Crippen LogP contribution in [0.15, 0.2) is 57.6 Å². The molecule has 2 aromatic rings. The number of halogens is 1. The van der Waals surface area contributed by atoms with Crippen molar-refractivity contribution in [1.29, 1.82) is 0 Å². The van der Waals surface area contributed by atoms with Crippen LogP contribution in [-0.4, -0.2) is 73.4 Å². The van der Waals surface area contributed by atoms with Crippen molar-refractivity contribution in [3.8, 4) is 0 Å². The Bertz CT molecular complexity index is 1120. The summed E-state index contributed by atoms with van der Waals surface area (Å²) in [6.45, 7) is 1.08. The van der Waals surface area contributed by atoms with Crippen LogP contribution in [0.4, 0.5) is 17.1 Å². The van der Waals surface area contributed by atoms with Gasteiger partial charge in [0.2, 0.25) is 6.04 Å². The van der Waals surface area contributed by atoms with Gasteiger partial charge in [0, 0.05) is 6.07 Å². The van der Waals surface area contributed by atoms with Crippen LogP contribution in [0.25, 0.3) is 0 Å². The van der Waals surface area contributed by atoms with Crippen LogP contribution in [0.1, 0.15) is 6.92 Å². The van der Waals surface area contributed by atoms with E-state index < -0.39 is 49.0 Å². The fourth-order valence-corrected chi connectivity index (χ4v) is 2.78. The number of carbonyl (C=O) groups is 2. The molecule has 0 spiro atoms. The Labute approximate surface area is 205 Å². The number of nitro benzene ring substituents is 1. The number of benzene rings is 2. The number of nitro groups is 1. The molecular formula is C16H13CaClN4O7S+2. The zero-order chi connectivity index (χ0) is 21.8. The molecule has 1 unspecified atom stereocenters. The van der Waals surface area contributed by atoms with Gasteiger partial charge in [0.1, 0.15) is 4.90 Å². The average Bonchev–Trinajstić information content (AvgIpc) is 2.62. The Kier molecular flexibility index (Phi) is 9.46. The molecule has 11 nitrogen and oxygen atoms in total. The van der Waals surface area contributed by atoms with Gasteiger partial charge in [0.15, 0.2) is 11.5 Å². The molecule has 0 bridgehead atoms. The third-order valence-corrected chi connectivity index (χ3v) is 4.67. The smallest absolute Gasteiger partial charge is 0.322 e. The van der Waals surface area contributed by atoms with Crippen molar-refractivity contribution in [2.75, 3.05) is 5.32 Å². The van der Waals surface area contributed by atoms with Gasteiger partial charge in [-0.15, -0.1) is 5.11 Å². The molecule has 0 heterocycles. The van der Waals surface area contributed by atoms with Crippen molar-refractivity contribution in [2.24, 2.45) is 10.2 Å². The number of ketones is 1. The van der Waals surface area contributed by atoms with Gasteiger partial charge in [0.05, 0.1) is 15.6 Å². The van der Waals surface area contributed by atoms with E-state index in [0.29, 0.717) is 6.07 Å². The number of azo groups is 1. The van der Waals surface area contributed by atoms with E-state index in [1.165, 1.54) is 12.1 Å². The molecule has 0 fully saturated rings. The largest absolute Gasteiger partial charge is 2.00 e. The van der Waals surface area contributed by atoms with Crippen molar-refractivity contribution < 1.29 is 27.5 Å². The summed E-state index contributed by atoms with van der Waals surface area (Å²) >= 11 is 5.93. The number of Topliss-reactive ketones (excluding diaryl/α,β-unsaturated/α-hetero) is 1. The SMILES string of the molecule is CC(=O)C(N=Nc1ccc(S(=O)(=O)O)cc1[N+](=O)[O-])C(=O)Nc1ccccc1Cl.[Ca+2]. The number of nitrogens with zero attached hydrogens (tertiary/aromatic N) is 3. The second-order valence-electron chi connectivity index (χ2n) is 5.58. The molecule has 0 aliphatic rings. The standard InChI is InChI=1S/C16H13ClN4O7S.Ca/c1-9(22)15(16(23)18-12-5-3-2-4-11(12)17)20-19-13-7-6-10(29(26,27)28)8-14(13)21(24)25;/h2-8,15H,1H3,(H,18,23)(H,26,27,28);/q;+2. The summed E-state index contributed by atoms with van der Waals surface area (Å²) in [6.07, 6.45) is 0. The summed E-state index contributed by atoms with van der Waals surface area (Å²) in [4.78, 5) is 33.6. The number of hydrogen-bond acceptors (Lipinski definition) is 8. The average molecular weight is 481 g/mol. The number of rotatable bonds is 7. The number of amides is 1. The van der Waals surface area contributed by atoms with Crippen LogP contribution in [0.3, 0.4) is 0 Å². The van der Waals surface area contributed by atoms with Gasteiger partial charge in [-0.3, -0.25) is 24.3 Å². The second kappa shape index (κ2) is 10.9. The number of carbonyl (C=O) groups excluding carboxylic acids is 2. The number of hydrogen-bond donors (Lipinski definition) is 2. The molecule has 0 aromatic heterocycles. The molecule has 0 aliphatic carbocycles. The van der Waals surface area contributed by atoms with Crippen LogP contribution < -0.4 is 5.32 Å². The zero-order valence-corrected chi connectivity index (χ0v) is 19.1. The molecule has 1 amide bonds. The normalized spacial score (nSPS) is 12.1. The molecular weight excluding hydrogens is 468 g/mol. The van der Waals surface area contributed by atoms with E-state index >= 15 is 0 Å². The second-order valence-corrected chi connectivity index (χ2v) is 7.41. The summed E-state index contributed by atoms with van der Waals surface area (Å²) in [6, 6.07) is 6.97. The molecule has 0 aliphatic heterocycles. The van der Waals surface area contributed by atoms with Crippen molar-refractivity contribution in [3.63, 3.8) is 0 Å². The van der Waals surface area contributed by atoms with E-state index in [2.05, 4.69) is 15.5 Å². The Morgan fingerprint density at radius 3 is 2.40 bits per heavy atom. The van der Waals surface area contributed by atoms with Gasteiger partial charge in [-0.05, 0) is 31.2 Å². The minimum absolute atomic E-state index is 0. The molecule has 30 heavy (non-hydrogen) atoms. The quantitative estimate of drug-likeness (QED) is 0.153. The van der Waals surface area contributed by atoms with Crippen LogP contribution >= 0.6 is 11.6 Å². The molecule has 152 valence electrons. The maximum absolute atomic E-state index is 12.3. The third-order valence-electron chi connectivity index (χ3n) is 3.49. The van der Waals surface area contributed by atoms with Crippen LogP contribution in [0.5, 0.6) is 0 Å². The molecule has 2 rings (SSSR count). The predicted molar refractivity (Wildman–Crippen MR) is 108 cm³/mol. The fraction of sp³-hybridized carbons (Fsp3) is 0.125. The van der Waals surface area contributed by atoms with Crippen molar-refractivity contribution in [2.45, 2.75) is 17.9 Å². The number of anilines is 1. The molecule has 1 atom stereocenters. The van der Waals surface area contributed by atoms with Crippen LogP contribution in [0, 0.1) is 10.1 Å². The Morgan fingerprint density at radius 1 is 1.23 bits per heavy atom. The van der Waals surface area contributed by atoms with E-state index in [-0.39, 0.29) is 48.4 Å². The minimum atomic E-state index is -4.68. The molecule has 2 N–H and O–H groups in total. The van der Waals surface area contributed by atoms with E-state index in [1.807, 2.05) is 0 Å². The van der Waals surface area contributed by atoms with E-state index in [0.717, 1.165) is 19.1 Å². The summed E-state index contributed by atoms with van der Waals surface area (Å²) in [7, 11) is -4.68. The molecule has 0 saturated carbocycles. The molecule has 0 saturated heterocycles. The fourth-order valence-electron chi connectivity index (χ4n) is 2.10. The van der Waals surface area contributed by atoms with Crippen LogP contribution in [0.2, 0.25) is 5.02 Å². The van der Waals surface area contributed by atoms with Crippen LogP contribution in [-0.2, 0) is 19.7 Å². The maximum atomic E-state index is 12.3. The first kappa shape index (κ1) is 26.1. The molecule has 0 radical (unpaired) electrons. The monoisotopic (exact) mass is 480 g/mol. The number of nitrogens with one attached hydrogen (secondary N) is 1. The summed E-state index contributed by atoms with van der Waals surface area (Å²) in [5.74, 6) is -1.57. The molecule has 14 heteroatoms. The van der Waals surface area contributed by atoms with Gasteiger partial charge in [0.25, 0.3) is 21.7 Å². The third kappa shape index (κ3) is 6.79.